The first kappa shape index (κ1) is 16.7. The zero-order valence-corrected chi connectivity index (χ0v) is 15.0. The predicted molar refractivity (Wildman–Crippen MR) is 101 cm³/mol. The van der Waals surface area contributed by atoms with E-state index in [1.54, 1.807) is 0 Å². The topological polar surface area (TPSA) is 49.8 Å². The van der Waals surface area contributed by atoms with E-state index in [4.69, 9.17) is 0 Å². The van der Waals surface area contributed by atoms with Gasteiger partial charge >= 0.3 is 0 Å². The molecule has 0 atom stereocenters. The van der Waals surface area contributed by atoms with Crippen LogP contribution in [-0.2, 0) is 5.41 Å². The van der Waals surface area contributed by atoms with Gasteiger partial charge in [0.25, 0.3) is 0 Å². The van der Waals surface area contributed by atoms with Gasteiger partial charge < -0.3 is 10.6 Å². The van der Waals surface area contributed by atoms with Crippen molar-refractivity contribution >= 4 is 17.5 Å². The van der Waals surface area contributed by atoms with E-state index in [2.05, 4.69) is 59.6 Å². The fraction of sp³-hybridized carbons (Fsp3) is 0.500. The standard InChI is InChI=1S/C20H28N4/c1-20(2,3)16-11-7-8-12-17(16)23-19-21-14-13-18(24-19)22-15-9-5-4-6-10-15/h7-8,11-15H,4-6,9-10H2,1-3H3,(H2,21,22,23,24). The van der Waals surface area contributed by atoms with Gasteiger partial charge in [-0.15, -0.1) is 0 Å². The minimum atomic E-state index is 0.0710. The van der Waals surface area contributed by atoms with Gasteiger partial charge in [-0.05, 0) is 36.0 Å². The fourth-order valence-corrected chi connectivity index (χ4v) is 3.32. The van der Waals surface area contributed by atoms with Gasteiger partial charge in [0, 0.05) is 17.9 Å². The third-order valence-corrected chi connectivity index (χ3v) is 4.59. The van der Waals surface area contributed by atoms with Crippen LogP contribution in [0.15, 0.2) is 36.5 Å². The van der Waals surface area contributed by atoms with E-state index in [1.165, 1.54) is 37.7 Å². The Kier molecular flexibility index (Phi) is 5.03. The first-order valence-electron chi connectivity index (χ1n) is 8.98. The molecule has 1 aliphatic carbocycles. The zero-order chi connectivity index (χ0) is 17.0. The number of aromatic nitrogens is 2. The molecule has 0 aliphatic heterocycles. The Hall–Kier alpha value is -2.10. The average molecular weight is 324 g/mol. The Bertz CT molecular complexity index is 669. The van der Waals surface area contributed by atoms with Crippen molar-refractivity contribution in [1.29, 1.82) is 0 Å². The second-order valence-corrected chi connectivity index (χ2v) is 7.67. The molecule has 2 aromatic rings. The summed E-state index contributed by atoms with van der Waals surface area (Å²) in [6.07, 6.45) is 8.28. The summed E-state index contributed by atoms with van der Waals surface area (Å²) in [4.78, 5) is 9.04. The quantitative estimate of drug-likeness (QED) is 0.805. The molecule has 0 bridgehead atoms. The number of hydrogen-bond acceptors (Lipinski definition) is 4. The lowest BCUT2D eigenvalue weighted by Crippen LogP contribution is -2.23. The van der Waals surface area contributed by atoms with Crippen LogP contribution in [0.3, 0.4) is 0 Å². The van der Waals surface area contributed by atoms with Crippen LogP contribution in [0, 0.1) is 0 Å². The number of rotatable bonds is 4. The lowest BCUT2D eigenvalue weighted by Gasteiger charge is -2.24. The summed E-state index contributed by atoms with van der Waals surface area (Å²) < 4.78 is 0. The molecule has 3 rings (SSSR count). The van der Waals surface area contributed by atoms with E-state index < -0.39 is 0 Å². The molecule has 2 N–H and O–H groups in total. The van der Waals surface area contributed by atoms with Crippen molar-refractivity contribution in [3.05, 3.63) is 42.1 Å². The molecule has 1 aromatic carbocycles. The predicted octanol–water partition coefficient (Wildman–Crippen LogP) is 5.26. The van der Waals surface area contributed by atoms with E-state index in [0.29, 0.717) is 12.0 Å². The maximum Gasteiger partial charge on any atom is 0.229 e. The maximum absolute atomic E-state index is 4.65. The highest BCUT2D eigenvalue weighted by Crippen LogP contribution is 2.30. The SMILES string of the molecule is CC(C)(C)c1ccccc1Nc1nccc(NC2CCCCC2)n1. The molecule has 4 heteroatoms. The molecular formula is C20H28N4. The van der Waals surface area contributed by atoms with Crippen molar-refractivity contribution in [2.45, 2.75) is 64.3 Å². The monoisotopic (exact) mass is 324 g/mol. The average Bonchev–Trinajstić information content (AvgIpc) is 2.56. The van der Waals surface area contributed by atoms with Crippen LogP contribution in [0.1, 0.15) is 58.4 Å². The molecule has 0 radical (unpaired) electrons. The Morgan fingerprint density at radius 3 is 2.50 bits per heavy atom. The van der Waals surface area contributed by atoms with Crippen molar-refractivity contribution < 1.29 is 0 Å². The fourth-order valence-electron chi connectivity index (χ4n) is 3.32. The molecule has 0 amide bonds. The number of hydrogen-bond donors (Lipinski definition) is 2. The van der Waals surface area contributed by atoms with Crippen LogP contribution in [0.2, 0.25) is 0 Å². The van der Waals surface area contributed by atoms with Crippen LogP contribution < -0.4 is 10.6 Å². The molecule has 4 nitrogen and oxygen atoms in total. The number of nitrogens with one attached hydrogen (secondary N) is 2. The Morgan fingerprint density at radius 1 is 1.00 bits per heavy atom. The summed E-state index contributed by atoms with van der Waals surface area (Å²) in [6.45, 7) is 6.65. The first-order valence-corrected chi connectivity index (χ1v) is 8.98. The molecular weight excluding hydrogens is 296 g/mol. The molecule has 24 heavy (non-hydrogen) atoms. The van der Waals surface area contributed by atoms with Crippen LogP contribution in [0.25, 0.3) is 0 Å². The molecule has 0 unspecified atom stereocenters. The summed E-state index contributed by atoms with van der Waals surface area (Å²) in [5, 5.41) is 6.96. The molecule has 1 aliphatic rings. The van der Waals surface area contributed by atoms with Crippen molar-refractivity contribution in [1.82, 2.24) is 9.97 Å². The smallest absolute Gasteiger partial charge is 0.229 e. The number of anilines is 3. The largest absolute Gasteiger partial charge is 0.367 e. The zero-order valence-electron chi connectivity index (χ0n) is 15.0. The van der Waals surface area contributed by atoms with E-state index in [0.717, 1.165) is 11.5 Å². The van der Waals surface area contributed by atoms with Gasteiger partial charge in [-0.2, -0.15) is 4.98 Å². The molecule has 1 aromatic heterocycles. The Balaban J connectivity index is 1.75. The highest BCUT2D eigenvalue weighted by molar-refractivity contribution is 5.61. The first-order chi connectivity index (χ1) is 11.5. The third kappa shape index (κ3) is 4.25. The maximum atomic E-state index is 4.65. The van der Waals surface area contributed by atoms with Gasteiger partial charge in [-0.25, -0.2) is 4.98 Å². The van der Waals surface area contributed by atoms with Crippen LogP contribution >= 0.6 is 0 Å². The minimum absolute atomic E-state index is 0.0710. The molecule has 1 heterocycles. The second kappa shape index (κ2) is 7.20. The summed E-state index contributed by atoms with van der Waals surface area (Å²) >= 11 is 0. The van der Waals surface area contributed by atoms with Crippen molar-refractivity contribution in [2.24, 2.45) is 0 Å². The van der Waals surface area contributed by atoms with Crippen molar-refractivity contribution in [3.63, 3.8) is 0 Å². The van der Waals surface area contributed by atoms with E-state index in [9.17, 15) is 0 Å². The van der Waals surface area contributed by atoms with Gasteiger partial charge in [0.2, 0.25) is 5.95 Å². The third-order valence-electron chi connectivity index (χ3n) is 4.59. The summed E-state index contributed by atoms with van der Waals surface area (Å²) in [7, 11) is 0. The van der Waals surface area contributed by atoms with E-state index in [-0.39, 0.29) is 5.41 Å². The molecule has 0 spiro atoms. The van der Waals surface area contributed by atoms with E-state index in [1.807, 2.05) is 18.3 Å². The van der Waals surface area contributed by atoms with Crippen molar-refractivity contribution in [2.75, 3.05) is 10.6 Å². The Labute approximate surface area is 145 Å². The summed E-state index contributed by atoms with van der Waals surface area (Å²) in [5.74, 6) is 1.56. The van der Waals surface area contributed by atoms with E-state index >= 15 is 0 Å². The molecule has 0 saturated heterocycles. The highest BCUT2D eigenvalue weighted by atomic mass is 15.1. The lowest BCUT2D eigenvalue weighted by molar-refractivity contribution is 0.462. The van der Waals surface area contributed by atoms with Gasteiger partial charge in [0.1, 0.15) is 5.82 Å². The van der Waals surface area contributed by atoms with Crippen LogP contribution in [0.5, 0.6) is 0 Å². The van der Waals surface area contributed by atoms with Gasteiger partial charge in [-0.1, -0.05) is 58.2 Å². The van der Waals surface area contributed by atoms with Crippen LogP contribution in [0.4, 0.5) is 17.5 Å². The molecule has 128 valence electrons. The minimum Gasteiger partial charge on any atom is -0.367 e. The Morgan fingerprint density at radius 2 is 1.75 bits per heavy atom. The van der Waals surface area contributed by atoms with Crippen molar-refractivity contribution in [3.8, 4) is 0 Å². The number of para-hydroxylation sites is 1. The van der Waals surface area contributed by atoms with Gasteiger partial charge in [-0.3, -0.25) is 0 Å². The van der Waals surface area contributed by atoms with Gasteiger partial charge in [0.15, 0.2) is 0 Å². The number of benzene rings is 1. The lowest BCUT2D eigenvalue weighted by atomic mass is 9.86. The summed E-state index contributed by atoms with van der Waals surface area (Å²) in [6, 6.07) is 10.9. The second-order valence-electron chi connectivity index (χ2n) is 7.67. The van der Waals surface area contributed by atoms with Gasteiger partial charge in [0.05, 0.1) is 0 Å². The molecule has 1 fully saturated rings. The summed E-state index contributed by atoms with van der Waals surface area (Å²) in [5.41, 5.74) is 2.40. The highest BCUT2D eigenvalue weighted by Gasteiger charge is 2.18. The van der Waals surface area contributed by atoms with Crippen LogP contribution in [-0.4, -0.2) is 16.0 Å². The normalized spacial score (nSPS) is 16.0. The molecule has 1 saturated carbocycles. The number of nitrogens with zero attached hydrogens (tertiary/aromatic N) is 2.